The summed E-state index contributed by atoms with van der Waals surface area (Å²) in [6.45, 7) is 1.95. The molecule has 1 aromatic carbocycles. The second kappa shape index (κ2) is 4.18. The van der Waals surface area contributed by atoms with Crippen molar-refractivity contribution in [1.82, 2.24) is 5.10 Å². The third kappa shape index (κ3) is 2.22. The maximum absolute atomic E-state index is 11.9. The summed E-state index contributed by atoms with van der Waals surface area (Å²) in [5.74, 6) is 0. The van der Waals surface area contributed by atoms with Gasteiger partial charge in [0, 0.05) is 12.5 Å². The van der Waals surface area contributed by atoms with E-state index in [1.165, 1.54) is 18.0 Å². The predicted molar refractivity (Wildman–Crippen MR) is 64.1 cm³/mol. The molecule has 90 valence electrons. The lowest BCUT2D eigenvalue weighted by Crippen LogP contribution is -2.36. The molecule has 17 heavy (non-hydrogen) atoms. The van der Waals surface area contributed by atoms with Gasteiger partial charge in [-0.2, -0.15) is 0 Å². The first-order chi connectivity index (χ1) is 7.94. The van der Waals surface area contributed by atoms with Crippen LogP contribution in [0.15, 0.2) is 24.4 Å². The second-order valence-electron chi connectivity index (χ2n) is 3.91. The fraction of sp³-hybridized carbons (Fsp3) is 0.273. The SMILES string of the molecule is COP(=O)(O)c1c[n+](C)nc2cc(C)ccc12. The summed E-state index contributed by atoms with van der Waals surface area (Å²) in [7, 11) is -0.841. The van der Waals surface area contributed by atoms with Gasteiger partial charge in [0.1, 0.15) is 10.8 Å². The van der Waals surface area contributed by atoms with Crippen molar-refractivity contribution < 1.29 is 18.7 Å². The van der Waals surface area contributed by atoms with E-state index in [0.717, 1.165) is 5.56 Å². The summed E-state index contributed by atoms with van der Waals surface area (Å²) in [6, 6.07) is 5.53. The summed E-state index contributed by atoms with van der Waals surface area (Å²) in [5.41, 5.74) is 1.73. The zero-order valence-electron chi connectivity index (χ0n) is 9.91. The van der Waals surface area contributed by atoms with Crippen molar-refractivity contribution in [3.63, 3.8) is 0 Å². The summed E-state index contributed by atoms with van der Waals surface area (Å²) < 4.78 is 18.1. The highest BCUT2D eigenvalue weighted by Crippen LogP contribution is 2.40. The fourth-order valence-corrected chi connectivity index (χ4v) is 2.71. The van der Waals surface area contributed by atoms with E-state index >= 15 is 0 Å². The number of aromatic nitrogens is 2. The average molecular weight is 253 g/mol. The highest BCUT2D eigenvalue weighted by atomic mass is 31.2. The van der Waals surface area contributed by atoms with Crippen molar-refractivity contribution in [3.8, 4) is 0 Å². The highest BCUT2D eigenvalue weighted by Gasteiger charge is 2.27. The molecule has 1 heterocycles. The van der Waals surface area contributed by atoms with E-state index in [1.807, 2.05) is 19.1 Å². The number of rotatable bonds is 2. The van der Waals surface area contributed by atoms with Crippen molar-refractivity contribution in [2.75, 3.05) is 7.11 Å². The number of fused-ring (bicyclic) bond motifs is 1. The Bertz CT molecular complexity index is 622. The van der Waals surface area contributed by atoms with E-state index in [2.05, 4.69) is 9.62 Å². The van der Waals surface area contributed by atoms with Gasteiger partial charge in [0.25, 0.3) is 0 Å². The number of hydrogen-bond donors (Lipinski definition) is 1. The van der Waals surface area contributed by atoms with Crippen LogP contribution in [0, 0.1) is 6.92 Å². The largest absolute Gasteiger partial charge is 0.365 e. The molecular weight excluding hydrogens is 239 g/mol. The maximum Gasteiger partial charge on any atom is 0.365 e. The summed E-state index contributed by atoms with van der Waals surface area (Å²) in [6.07, 6.45) is 1.52. The van der Waals surface area contributed by atoms with Crippen LogP contribution in [0.3, 0.4) is 0 Å². The molecule has 0 amide bonds. The van der Waals surface area contributed by atoms with Crippen molar-refractivity contribution in [1.29, 1.82) is 0 Å². The molecule has 0 saturated carbocycles. The van der Waals surface area contributed by atoms with Crippen LogP contribution in [-0.2, 0) is 16.1 Å². The van der Waals surface area contributed by atoms with Crippen molar-refractivity contribution in [2.45, 2.75) is 6.92 Å². The quantitative estimate of drug-likeness (QED) is 0.636. The molecule has 2 rings (SSSR count). The van der Waals surface area contributed by atoms with Gasteiger partial charge in [-0.15, -0.1) is 0 Å². The molecule has 0 aliphatic rings. The third-order valence-electron chi connectivity index (χ3n) is 2.56. The molecule has 0 aliphatic heterocycles. The minimum absolute atomic E-state index is 0.271. The van der Waals surface area contributed by atoms with E-state index in [0.29, 0.717) is 10.9 Å². The molecule has 5 nitrogen and oxygen atoms in total. The van der Waals surface area contributed by atoms with E-state index in [4.69, 9.17) is 0 Å². The minimum Gasteiger partial charge on any atom is -0.321 e. The first kappa shape index (κ1) is 12.2. The minimum atomic E-state index is -3.77. The summed E-state index contributed by atoms with van der Waals surface area (Å²) in [4.78, 5) is 9.78. The summed E-state index contributed by atoms with van der Waals surface area (Å²) >= 11 is 0. The molecular formula is C11H14N2O3P+. The molecule has 1 atom stereocenters. The molecule has 0 bridgehead atoms. The van der Waals surface area contributed by atoms with Gasteiger partial charge >= 0.3 is 7.60 Å². The zero-order chi connectivity index (χ0) is 12.6. The first-order valence-corrected chi connectivity index (χ1v) is 6.68. The molecule has 0 fully saturated rings. The van der Waals surface area contributed by atoms with Gasteiger partial charge in [-0.05, 0) is 23.7 Å². The van der Waals surface area contributed by atoms with Crippen LogP contribution in [0.1, 0.15) is 5.56 Å². The Morgan fingerprint density at radius 2 is 2.18 bits per heavy atom. The van der Waals surface area contributed by atoms with Crippen molar-refractivity contribution >= 4 is 23.8 Å². The Morgan fingerprint density at radius 3 is 2.82 bits per heavy atom. The molecule has 2 aromatic rings. The van der Waals surface area contributed by atoms with Crippen LogP contribution >= 0.6 is 7.60 Å². The number of benzene rings is 1. The molecule has 1 aromatic heterocycles. The Morgan fingerprint density at radius 1 is 1.47 bits per heavy atom. The van der Waals surface area contributed by atoms with E-state index < -0.39 is 7.60 Å². The molecule has 6 heteroatoms. The van der Waals surface area contributed by atoms with E-state index in [1.54, 1.807) is 13.1 Å². The number of hydrogen-bond acceptors (Lipinski definition) is 3. The number of nitrogens with zero attached hydrogens (tertiary/aromatic N) is 2. The molecule has 0 saturated heterocycles. The van der Waals surface area contributed by atoms with Crippen LogP contribution in [0.5, 0.6) is 0 Å². The Labute approximate surface area is 99.2 Å². The van der Waals surface area contributed by atoms with E-state index in [-0.39, 0.29) is 5.30 Å². The van der Waals surface area contributed by atoms with Gasteiger partial charge in [-0.1, -0.05) is 16.8 Å². The van der Waals surface area contributed by atoms with Gasteiger partial charge in [0.2, 0.25) is 6.20 Å². The van der Waals surface area contributed by atoms with Crippen molar-refractivity contribution in [2.24, 2.45) is 7.05 Å². The van der Waals surface area contributed by atoms with E-state index in [9.17, 15) is 9.46 Å². The average Bonchev–Trinajstić information content (AvgIpc) is 2.27. The second-order valence-corrected chi connectivity index (χ2v) is 5.80. The van der Waals surface area contributed by atoms with Gasteiger partial charge in [0.15, 0.2) is 7.05 Å². The van der Waals surface area contributed by atoms with Gasteiger partial charge in [-0.25, -0.2) is 0 Å². The van der Waals surface area contributed by atoms with Gasteiger partial charge < -0.3 is 9.42 Å². The van der Waals surface area contributed by atoms with Gasteiger partial charge in [-0.3, -0.25) is 4.57 Å². The Hall–Kier alpha value is -1.29. The van der Waals surface area contributed by atoms with Crippen LogP contribution in [-0.4, -0.2) is 17.1 Å². The van der Waals surface area contributed by atoms with Crippen LogP contribution in [0.4, 0.5) is 0 Å². The smallest absolute Gasteiger partial charge is 0.321 e. The van der Waals surface area contributed by atoms with Gasteiger partial charge in [0.05, 0.1) is 0 Å². The maximum atomic E-state index is 11.9. The normalized spacial score (nSPS) is 14.8. The molecule has 1 unspecified atom stereocenters. The lowest BCUT2D eigenvalue weighted by molar-refractivity contribution is -0.727. The zero-order valence-corrected chi connectivity index (χ0v) is 10.8. The fourth-order valence-electron chi connectivity index (χ4n) is 1.71. The monoisotopic (exact) mass is 253 g/mol. The molecule has 0 radical (unpaired) electrons. The molecule has 0 aliphatic carbocycles. The standard InChI is InChI=1S/C11H13N2O3P/c1-8-4-5-9-10(6-8)12-13(2)7-11(9)17(14,15)16-3/h4-7H,1-3H3/p+1. The molecule has 1 N–H and O–H groups in total. The third-order valence-corrected chi connectivity index (χ3v) is 4.02. The summed E-state index contributed by atoms with van der Waals surface area (Å²) in [5, 5.41) is 5.18. The Balaban J connectivity index is 2.84. The molecule has 0 spiro atoms. The lowest BCUT2D eigenvalue weighted by Gasteiger charge is -2.09. The highest BCUT2D eigenvalue weighted by molar-refractivity contribution is 7.61. The lowest BCUT2D eigenvalue weighted by atomic mass is 10.2. The first-order valence-electron chi connectivity index (χ1n) is 5.10. The topological polar surface area (TPSA) is 63.3 Å². The van der Waals surface area contributed by atoms with Crippen LogP contribution in [0.2, 0.25) is 0 Å². The number of aryl methyl sites for hydroxylation is 2. The predicted octanol–water partition coefficient (Wildman–Crippen LogP) is 0.825. The van der Waals surface area contributed by atoms with Crippen LogP contribution < -0.4 is 9.99 Å². The van der Waals surface area contributed by atoms with Crippen LogP contribution in [0.25, 0.3) is 10.9 Å². The van der Waals surface area contributed by atoms with Crippen molar-refractivity contribution in [3.05, 3.63) is 30.0 Å². The Kier molecular flexibility index (Phi) is 3.00.